The number of allylic oxidation sites excluding steroid dienone is 1. The summed E-state index contributed by atoms with van der Waals surface area (Å²) in [5, 5.41) is 0.763. The van der Waals surface area contributed by atoms with Crippen molar-refractivity contribution in [1.29, 1.82) is 0 Å². The summed E-state index contributed by atoms with van der Waals surface area (Å²) in [6.07, 6.45) is 0. The van der Waals surface area contributed by atoms with Gasteiger partial charge in [0.05, 0.1) is 5.39 Å². The van der Waals surface area contributed by atoms with Gasteiger partial charge in [0.25, 0.3) is 5.56 Å². The lowest BCUT2D eigenvalue weighted by molar-refractivity contribution is 0.705. The zero-order chi connectivity index (χ0) is 12.7. The lowest BCUT2D eigenvalue weighted by atomic mass is 10.2. The van der Waals surface area contributed by atoms with Gasteiger partial charge in [0.2, 0.25) is 0 Å². The van der Waals surface area contributed by atoms with E-state index in [0.29, 0.717) is 6.54 Å². The van der Waals surface area contributed by atoms with Crippen molar-refractivity contribution >= 4 is 21.6 Å². The first-order valence-electron chi connectivity index (χ1n) is 5.53. The van der Waals surface area contributed by atoms with Crippen molar-refractivity contribution in [3.05, 3.63) is 38.8 Å². The van der Waals surface area contributed by atoms with Crippen molar-refractivity contribution in [2.45, 2.75) is 34.2 Å². The number of fused-ring (bicyclic) bond motifs is 1. The third-order valence-electron chi connectivity index (χ3n) is 2.91. The highest BCUT2D eigenvalue weighted by Gasteiger charge is 2.14. The summed E-state index contributed by atoms with van der Waals surface area (Å²) in [5.41, 5.74) is 2.07. The lowest BCUT2D eigenvalue weighted by Gasteiger charge is -2.09. The minimum atomic E-state index is 0.0531. The van der Waals surface area contributed by atoms with Crippen molar-refractivity contribution in [2.75, 3.05) is 0 Å². The molecule has 0 bridgehead atoms. The Labute approximate surface area is 104 Å². The molecule has 3 nitrogen and oxygen atoms in total. The molecule has 0 radical (unpaired) electrons. The molecule has 0 spiro atoms. The van der Waals surface area contributed by atoms with E-state index in [1.165, 1.54) is 0 Å². The second-order valence-corrected chi connectivity index (χ2v) is 5.67. The molecule has 0 aliphatic heterocycles. The Morgan fingerprint density at radius 3 is 2.65 bits per heavy atom. The average Bonchev–Trinajstić information content (AvgIpc) is 2.49. The summed E-state index contributed by atoms with van der Waals surface area (Å²) in [4.78, 5) is 18.9. The van der Waals surface area contributed by atoms with Crippen molar-refractivity contribution in [1.82, 2.24) is 9.55 Å². The predicted molar refractivity (Wildman–Crippen MR) is 72.9 cm³/mol. The summed E-state index contributed by atoms with van der Waals surface area (Å²) in [6.45, 7) is 12.2. The van der Waals surface area contributed by atoms with Gasteiger partial charge in [-0.2, -0.15) is 0 Å². The third kappa shape index (κ3) is 1.93. The molecule has 2 rings (SSSR count). The standard InChI is InChI=1S/C13H16N2OS/c1-7(2)6-15-10(5)14-12-11(13(15)16)8(3)9(4)17-12/h1,6H2,2-5H3. The van der Waals surface area contributed by atoms with Gasteiger partial charge in [0, 0.05) is 11.4 Å². The van der Waals surface area contributed by atoms with Gasteiger partial charge < -0.3 is 0 Å². The van der Waals surface area contributed by atoms with Crippen LogP contribution in [0.2, 0.25) is 0 Å². The maximum Gasteiger partial charge on any atom is 0.262 e. The molecule has 2 aromatic heterocycles. The fourth-order valence-corrected chi connectivity index (χ4v) is 2.95. The molecule has 0 aliphatic rings. The van der Waals surface area contributed by atoms with E-state index < -0.39 is 0 Å². The molecule has 0 unspecified atom stereocenters. The molecule has 90 valence electrons. The van der Waals surface area contributed by atoms with Crippen LogP contribution in [0, 0.1) is 20.8 Å². The van der Waals surface area contributed by atoms with E-state index in [1.54, 1.807) is 15.9 Å². The maximum absolute atomic E-state index is 12.4. The van der Waals surface area contributed by atoms with E-state index in [4.69, 9.17) is 0 Å². The molecule has 0 saturated heterocycles. The first-order valence-corrected chi connectivity index (χ1v) is 6.35. The molecule has 0 aromatic carbocycles. The molecule has 0 saturated carbocycles. The summed E-state index contributed by atoms with van der Waals surface area (Å²) in [6, 6.07) is 0. The lowest BCUT2D eigenvalue weighted by Crippen LogP contribution is -2.24. The van der Waals surface area contributed by atoms with Gasteiger partial charge in [-0.1, -0.05) is 12.2 Å². The molecule has 0 amide bonds. The second-order valence-electron chi connectivity index (χ2n) is 4.47. The predicted octanol–water partition coefficient (Wildman–Crippen LogP) is 2.96. The monoisotopic (exact) mass is 248 g/mol. The number of rotatable bonds is 2. The van der Waals surface area contributed by atoms with Crippen molar-refractivity contribution in [2.24, 2.45) is 0 Å². The third-order valence-corrected chi connectivity index (χ3v) is 4.01. The van der Waals surface area contributed by atoms with Crippen molar-refractivity contribution in [3.8, 4) is 0 Å². The zero-order valence-electron chi connectivity index (χ0n) is 10.6. The Morgan fingerprint density at radius 1 is 1.41 bits per heavy atom. The number of aromatic nitrogens is 2. The molecule has 0 N–H and O–H groups in total. The van der Waals surface area contributed by atoms with E-state index in [9.17, 15) is 4.79 Å². The number of nitrogens with zero attached hydrogens (tertiary/aromatic N) is 2. The maximum atomic E-state index is 12.4. The van der Waals surface area contributed by atoms with Crippen molar-refractivity contribution in [3.63, 3.8) is 0 Å². The quantitative estimate of drug-likeness (QED) is 0.766. The largest absolute Gasteiger partial charge is 0.292 e. The first-order chi connectivity index (χ1) is 7.91. The van der Waals surface area contributed by atoms with E-state index >= 15 is 0 Å². The molecular formula is C13H16N2OS. The number of aryl methyl sites for hydroxylation is 3. The van der Waals surface area contributed by atoms with E-state index in [2.05, 4.69) is 11.6 Å². The van der Waals surface area contributed by atoms with Crippen LogP contribution in [-0.4, -0.2) is 9.55 Å². The normalized spacial score (nSPS) is 11.1. The van der Waals surface area contributed by atoms with Crippen LogP contribution in [0.3, 0.4) is 0 Å². The average molecular weight is 248 g/mol. The Balaban J connectivity index is 2.83. The van der Waals surface area contributed by atoms with Gasteiger partial charge in [-0.25, -0.2) is 4.98 Å². The summed E-state index contributed by atoms with van der Waals surface area (Å²) >= 11 is 1.59. The Kier molecular flexibility index (Phi) is 2.91. The van der Waals surface area contributed by atoms with Gasteiger partial charge in [0.1, 0.15) is 10.7 Å². The molecule has 2 heterocycles. The van der Waals surface area contributed by atoms with Crippen molar-refractivity contribution < 1.29 is 0 Å². The Morgan fingerprint density at radius 2 is 2.06 bits per heavy atom. The van der Waals surface area contributed by atoms with Crippen LogP contribution in [0.5, 0.6) is 0 Å². The van der Waals surface area contributed by atoms with Crippen LogP contribution in [0.15, 0.2) is 16.9 Å². The summed E-state index contributed by atoms with van der Waals surface area (Å²) in [7, 11) is 0. The molecule has 4 heteroatoms. The van der Waals surface area contributed by atoms with Crippen LogP contribution in [0.1, 0.15) is 23.2 Å². The Hall–Kier alpha value is -1.42. The summed E-state index contributed by atoms with van der Waals surface area (Å²) < 4.78 is 1.70. The first kappa shape index (κ1) is 12.0. The van der Waals surface area contributed by atoms with Crippen LogP contribution in [0.25, 0.3) is 10.2 Å². The highest BCUT2D eigenvalue weighted by Crippen LogP contribution is 2.26. The fourth-order valence-electron chi connectivity index (χ4n) is 1.88. The molecule has 2 aromatic rings. The van der Waals surface area contributed by atoms with Crippen LogP contribution in [0.4, 0.5) is 0 Å². The van der Waals surface area contributed by atoms with Gasteiger partial charge >= 0.3 is 0 Å². The fraction of sp³-hybridized carbons (Fsp3) is 0.385. The molecule has 0 fully saturated rings. The Bertz CT molecular complexity index is 664. The van der Waals surface area contributed by atoms with Gasteiger partial charge in [-0.15, -0.1) is 11.3 Å². The number of thiophene rings is 1. The highest BCUT2D eigenvalue weighted by molar-refractivity contribution is 7.18. The summed E-state index contributed by atoms with van der Waals surface area (Å²) in [5.74, 6) is 0.756. The van der Waals surface area contributed by atoms with Gasteiger partial charge in [-0.05, 0) is 33.3 Å². The minimum absolute atomic E-state index is 0.0531. The topological polar surface area (TPSA) is 34.9 Å². The molecule has 0 atom stereocenters. The van der Waals surface area contributed by atoms with E-state index in [-0.39, 0.29) is 5.56 Å². The molecule has 0 aliphatic carbocycles. The van der Waals surface area contributed by atoms with Gasteiger partial charge in [-0.3, -0.25) is 9.36 Å². The van der Waals surface area contributed by atoms with E-state index in [1.807, 2.05) is 27.7 Å². The molecule has 17 heavy (non-hydrogen) atoms. The number of hydrogen-bond acceptors (Lipinski definition) is 3. The molecular weight excluding hydrogens is 232 g/mol. The smallest absolute Gasteiger partial charge is 0.262 e. The van der Waals surface area contributed by atoms with Crippen LogP contribution in [-0.2, 0) is 6.54 Å². The highest BCUT2D eigenvalue weighted by atomic mass is 32.1. The van der Waals surface area contributed by atoms with Gasteiger partial charge in [0.15, 0.2) is 0 Å². The number of hydrogen-bond donors (Lipinski definition) is 0. The zero-order valence-corrected chi connectivity index (χ0v) is 11.4. The minimum Gasteiger partial charge on any atom is -0.292 e. The van der Waals surface area contributed by atoms with E-state index in [0.717, 1.165) is 32.1 Å². The SMILES string of the molecule is C=C(C)Cn1c(C)nc2sc(C)c(C)c2c1=O. The van der Waals surface area contributed by atoms with Crippen LogP contribution < -0.4 is 5.56 Å². The van der Waals surface area contributed by atoms with Crippen LogP contribution >= 0.6 is 11.3 Å². The second kappa shape index (κ2) is 4.11.